The zero-order valence-electron chi connectivity index (χ0n) is 22.5. The van der Waals surface area contributed by atoms with Gasteiger partial charge < -0.3 is 4.90 Å². The summed E-state index contributed by atoms with van der Waals surface area (Å²) in [6, 6.07) is 10.7. The quantitative estimate of drug-likeness (QED) is 0.483. The minimum atomic E-state index is -3.88. The lowest BCUT2D eigenvalue weighted by Crippen LogP contribution is -2.41. The van der Waals surface area contributed by atoms with Crippen molar-refractivity contribution in [3.8, 4) is 0 Å². The Balaban J connectivity index is 1.72. The van der Waals surface area contributed by atoms with E-state index in [9.17, 15) is 30.4 Å². The van der Waals surface area contributed by atoms with Crippen molar-refractivity contribution in [1.29, 1.82) is 0 Å². The number of carbonyl (C=O) groups is 1. The Labute approximate surface area is 229 Å². The molecule has 4 rings (SSSR count). The van der Waals surface area contributed by atoms with Gasteiger partial charge in [0.2, 0.25) is 26.5 Å². The number of hydrogen-bond donors (Lipinski definition) is 2. The Bertz CT molecular complexity index is 1460. The van der Waals surface area contributed by atoms with Crippen LogP contribution in [0.15, 0.2) is 47.4 Å². The summed E-state index contributed by atoms with van der Waals surface area (Å²) >= 11 is 0. The minimum Gasteiger partial charge on any atom is -0.307 e. The molecule has 12 heteroatoms. The maximum atomic E-state index is 13.8. The van der Waals surface area contributed by atoms with Gasteiger partial charge in [0.05, 0.1) is 10.6 Å². The fourth-order valence-electron chi connectivity index (χ4n) is 5.45. The van der Waals surface area contributed by atoms with Crippen molar-refractivity contribution in [3.63, 3.8) is 0 Å². The van der Waals surface area contributed by atoms with Crippen molar-refractivity contribution in [1.82, 2.24) is 4.72 Å². The molecule has 0 aromatic heterocycles. The van der Waals surface area contributed by atoms with Crippen molar-refractivity contribution in [2.24, 2.45) is 5.92 Å². The van der Waals surface area contributed by atoms with E-state index in [0.717, 1.165) is 5.56 Å². The van der Waals surface area contributed by atoms with E-state index in [4.69, 9.17) is 0 Å². The molecule has 0 atom stereocenters. The van der Waals surface area contributed by atoms with Gasteiger partial charge >= 0.3 is 0 Å². The van der Waals surface area contributed by atoms with Gasteiger partial charge in [0.15, 0.2) is 0 Å². The second kappa shape index (κ2) is 10.4. The highest BCUT2D eigenvalue weighted by atomic mass is 32.2. The third kappa shape index (κ3) is 6.28. The predicted octanol–water partition coefficient (Wildman–Crippen LogP) is 4.88. The first-order valence-corrected chi connectivity index (χ1v) is 16.1. The molecule has 2 aromatic carbocycles. The summed E-state index contributed by atoms with van der Waals surface area (Å²) in [5, 5.41) is 0. The number of anilines is 2. The highest BCUT2D eigenvalue weighted by Gasteiger charge is 2.48. The van der Waals surface area contributed by atoms with Crippen molar-refractivity contribution in [2.75, 3.05) is 21.9 Å². The predicted molar refractivity (Wildman–Crippen MR) is 147 cm³/mol. The number of nitrogens with one attached hydrogen (secondary N) is 2. The zero-order valence-corrected chi connectivity index (χ0v) is 24.1. The number of hydrogen-bond acceptors (Lipinski definition) is 5. The number of nitrogens with zero attached hydrogens (tertiary/aromatic N) is 1. The number of alkyl halides is 2. The topological polar surface area (TPSA) is 113 Å². The molecule has 1 heterocycles. The van der Waals surface area contributed by atoms with Crippen LogP contribution in [-0.4, -0.2) is 47.0 Å². The zero-order chi connectivity index (χ0) is 28.8. The lowest BCUT2D eigenvalue weighted by atomic mass is 9.67. The number of rotatable bonds is 7. The Morgan fingerprint density at radius 2 is 1.74 bits per heavy atom. The van der Waals surface area contributed by atoms with Crippen molar-refractivity contribution in [3.05, 3.63) is 53.6 Å². The van der Waals surface area contributed by atoms with E-state index in [1.54, 1.807) is 49.9 Å². The van der Waals surface area contributed by atoms with Crippen LogP contribution < -0.4 is 14.3 Å². The highest BCUT2D eigenvalue weighted by Crippen LogP contribution is 2.52. The van der Waals surface area contributed by atoms with E-state index in [1.165, 1.54) is 25.1 Å². The molecule has 1 aliphatic carbocycles. The summed E-state index contributed by atoms with van der Waals surface area (Å²) in [6.07, 6.45) is -0.999. The molecule has 2 aliphatic rings. The number of amides is 1. The second-order valence-corrected chi connectivity index (χ2v) is 15.2. The molecule has 1 spiro atoms. The first-order valence-electron chi connectivity index (χ1n) is 12.9. The fourth-order valence-corrected chi connectivity index (χ4v) is 7.55. The van der Waals surface area contributed by atoms with Crippen LogP contribution in [0.2, 0.25) is 0 Å². The number of sulfonamides is 2. The van der Waals surface area contributed by atoms with Gasteiger partial charge in [0.1, 0.15) is 0 Å². The second-order valence-electron chi connectivity index (χ2n) is 11.5. The molecule has 214 valence electrons. The SMILES string of the molecule is CCS(=O)(=O)Nc1ccc2c(c1)C1(CCC(C(F)F)CC1)CN2C(=O)c1cccc(S(=O)(=O)NC(C)(C)C)c1. The highest BCUT2D eigenvalue weighted by molar-refractivity contribution is 7.92. The monoisotopic (exact) mass is 583 g/mol. The van der Waals surface area contributed by atoms with Crippen LogP contribution >= 0.6 is 0 Å². The van der Waals surface area contributed by atoms with Crippen molar-refractivity contribution in [2.45, 2.75) is 75.7 Å². The summed E-state index contributed by atoms with van der Waals surface area (Å²) < 4.78 is 82.2. The standard InChI is InChI=1S/C27H35F2N3O5S2/c1-5-38(34,35)30-20-9-10-23-22(16-20)27(13-11-18(12-14-27)24(28)29)17-32(23)25(33)19-7-6-8-21(15-19)39(36,37)31-26(2,3)4/h6-10,15-16,18,24,30-31H,5,11-14,17H2,1-4H3. The molecule has 2 aromatic rings. The summed E-state index contributed by atoms with van der Waals surface area (Å²) in [4.78, 5) is 15.3. The molecule has 1 amide bonds. The first-order chi connectivity index (χ1) is 18.1. The van der Waals surface area contributed by atoms with Gasteiger partial charge in [0.25, 0.3) is 5.91 Å². The lowest BCUT2D eigenvalue weighted by Gasteiger charge is -2.37. The molecule has 1 aliphatic heterocycles. The number of fused-ring (bicyclic) bond motifs is 2. The van der Waals surface area contributed by atoms with Crippen LogP contribution in [0.4, 0.5) is 20.2 Å². The first kappa shape index (κ1) is 29.4. The average molecular weight is 584 g/mol. The van der Waals surface area contributed by atoms with E-state index in [-0.39, 0.29) is 35.6 Å². The minimum absolute atomic E-state index is 0.0424. The summed E-state index contributed by atoms with van der Waals surface area (Å²) in [5.74, 6) is -1.25. The Morgan fingerprint density at radius 3 is 2.33 bits per heavy atom. The Kier molecular flexibility index (Phi) is 7.87. The van der Waals surface area contributed by atoms with E-state index in [0.29, 0.717) is 24.2 Å². The molecule has 8 nitrogen and oxygen atoms in total. The summed E-state index contributed by atoms with van der Waals surface area (Å²) in [5.41, 5.74) is 0.497. The van der Waals surface area contributed by atoms with Crippen LogP contribution in [0, 0.1) is 5.92 Å². The normalized spacial score (nSPS) is 21.8. The third-order valence-electron chi connectivity index (χ3n) is 7.39. The lowest BCUT2D eigenvalue weighted by molar-refractivity contribution is 0.0423. The van der Waals surface area contributed by atoms with Crippen LogP contribution in [-0.2, 0) is 25.5 Å². The van der Waals surface area contributed by atoms with E-state index in [2.05, 4.69) is 9.44 Å². The maximum absolute atomic E-state index is 13.8. The van der Waals surface area contributed by atoms with Gasteiger partial charge in [-0.2, -0.15) is 0 Å². The Morgan fingerprint density at radius 1 is 1.08 bits per heavy atom. The Hall–Kier alpha value is -2.57. The number of benzene rings is 2. The summed E-state index contributed by atoms with van der Waals surface area (Å²) in [7, 11) is -7.43. The summed E-state index contributed by atoms with van der Waals surface area (Å²) in [6.45, 7) is 6.92. The van der Waals surface area contributed by atoms with Gasteiger partial charge in [-0.15, -0.1) is 0 Å². The van der Waals surface area contributed by atoms with Gasteiger partial charge in [-0.25, -0.2) is 30.3 Å². The van der Waals surface area contributed by atoms with E-state index < -0.39 is 49.3 Å². The largest absolute Gasteiger partial charge is 0.307 e. The van der Waals surface area contributed by atoms with Crippen LogP contribution in [0.25, 0.3) is 0 Å². The molecule has 0 radical (unpaired) electrons. The molecular weight excluding hydrogens is 548 g/mol. The van der Waals surface area contributed by atoms with Gasteiger partial charge in [-0.1, -0.05) is 6.07 Å². The molecule has 0 unspecified atom stereocenters. The average Bonchev–Trinajstić information content (AvgIpc) is 3.15. The van der Waals surface area contributed by atoms with Gasteiger partial charge in [-0.3, -0.25) is 9.52 Å². The molecule has 0 bridgehead atoms. The molecule has 1 fully saturated rings. The van der Waals surface area contributed by atoms with Crippen LogP contribution in [0.3, 0.4) is 0 Å². The van der Waals surface area contributed by atoms with Crippen LogP contribution in [0.1, 0.15) is 69.3 Å². The third-order valence-corrected chi connectivity index (χ3v) is 10.5. The van der Waals surface area contributed by atoms with Crippen molar-refractivity contribution >= 4 is 37.3 Å². The van der Waals surface area contributed by atoms with E-state index >= 15 is 0 Å². The molecular formula is C27H35F2N3O5S2. The number of carbonyl (C=O) groups excluding carboxylic acids is 1. The van der Waals surface area contributed by atoms with E-state index in [1.807, 2.05) is 0 Å². The number of halogens is 2. The molecule has 1 saturated carbocycles. The maximum Gasteiger partial charge on any atom is 0.258 e. The smallest absolute Gasteiger partial charge is 0.258 e. The van der Waals surface area contributed by atoms with Gasteiger partial charge in [0, 0.05) is 40.4 Å². The van der Waals surface area contributed by atoms with Gasteiger partial charge in [-0.05, 0) is 95.3 Å². The molecule has 39 heavy (non-hydrogen) atoms. The van der Waals surface area contributed by atoms with Crippen LogP contribution in [0.5, 0.6) is 0 Å². The molecule has 2 N–H and O–H groups in total. The molecule has 0 saturated heterocycles. The fraction of sp³-hybridized carbons (Fsp3) is 0.519. The van der Waals surface area contributed by atoms with Crippen molar-refractivity contribution < 1.29 is 30.4 Å².